The number of benzene rings is 1. The molecule has 4 fully saturated rings. The highest BCUT2D eigenvalue weighted by Crippen LogP contribution is 2.68. The van der Waals surface area contributed by atoms with Gasteiger partial charge in [-0.15, -0.1) is 23.2 Å². The van der Waals surface area contributed by atoms with Crippen LogP contribution in [0.3, 0.4) is 0 Å². The minimum absolute atomic E-state index is 0.00219. The lowest BCUT2D eigenvalue weighted by molar-refractivity contribution is -0.182. The summed E-state index contributed by atoms with van der Waals surface area (Å²) in [5.41, 5.74) is 2.31. The van der Waals surface area contributed by atoms with E-state index in [1.807, 2.05) is 38.1 Å². The SMILES string of the molecule is CC(Cl)CN(CC(C)Cl)c1ccc(CC(=O)O[C@@H]2CC[C@@]3(C)C(C2)C[C@@H](O)[C@H]2[C@@H]4CC[C@H]([C@H](C)CCC(=O)O)[C@@]4(C)CC[C@@H]23)cc1. The Morgan fingerprint density at radius 1 is 0.935 bits per heavy atom. The summed E-state index contributed by atoms with van der Waals surface area (Å²) >= 11 is 12.6. The Morgan fingerprint density at radius 2 is 1.57 bits per heavy atom. The van der Waals surface area contributed by atoms with E-state index in [0.29, 0.717) is 48.6 Å². The van der Waals surface area contributed by atoms with Crippen molar-refractivity contribution >= 4 is 40.8 Å². The fraction of sp³-hybridized carbons (Fsp3) is 0.789. The molecule has 12 atom stereocenters. The normalized spacial score (nSPS) is 37.3. The van der Waals surface area contributed by atoms with E-state index in [9.17, 15) is 19.8 Å². The highest BCUT2D eigenvalue weighted by Gasteiger charge is 2.63. The predicted molar refractivity (Wildman–Crippen MR) is 186 cm³/mol. The number of carboxylic acid groups (broad SMARTS) is 1. The van der Waals surface area contributed by atoms with Gasteiger partial charge in [0.25, 0.3) is 0 Å². The molecule has 0 amide bonds. The van der Waals surface area contributed by atoms with Crippen molar-refractivity contribution < 1.29 is 24.5 Å². The molecule has 1 aromatic rings. The topological polar surface area (TPSA) is 87.1 Å². The molecular formula is C38H57Cl2NO5. The van der Waals surface area contributed by atoms with Crippen LogP contribution in [0.1, 0.15) is 104 Å². The number of fused-ring (bicyclic) bond motifs is 5. The van der Waals surface area contributed by atoms with E-state index < -0.39 is 5.97 Å². The van der Waals surface area contributed by atoms with Crippen LogP contribution in [0.4, 0.5) is 5.69 Å². The molecule has 4 aliphatic carbocycles. The number of hydrogen-bond acceptors (Lipinski definition) is 5. The zero-order valence-corrected chi connectivity index (χ0v) is 30.1. The predicted octanol–water partition coefficient (Wildman–Crippen LogP) is 8.33. The van der Waals surface area contributed by atoms with Crippen LogP contribution in [-0.4, -0.2) is 58.2 Å². The second-order valence-electron chi connectivity index (χ2n) is 16.1. The van der Waals surface area contributed by atoms with Gasteiger partial charge in [-0.3, -0.25) is 9.59 Å². The number of carbonyl (C=O) groups is 2. The van der Waals surface area contributed by atoms with Gasteiger partial charge >= 0.3 is 11.9 Å². The van der Waals surface area contributed by atoms with Crippen LogP contribution in [0.5, 0.6) is 0 Å². The molecule has 0 saturated heterocycles. The lowest BCUT2D eigenvalue weighted by Crippen LogP contribution is -2.58. The van der Waals surface area contributed by atoms with Gasteiger partial charge in [-0.05, 0) is 136 Å². The Hall–Kier alpha value is -1.50. The summed E-state index contributed by atoms with van der Waals surface area (Å²) in [6.45, 7) is 12.5. The minimum Gasteiger partial charge on any atom is -0.481 e. The van der Waals surface area contributed by atoms with Crippen LogP contribution in [0.15, 0.2) is 24.3 Å². The molecule has 0 radical (unpaired) electrons. The molecule has 4 aliphatic rings. The van der Waals surface area contributed by atoms with Crippen molar-refractivity contribution in [2.24, 2.45) is 46.3 Å². The quantitative estimate of drug-likeness (QED) is 0.171. The number of ether oxygens (including phenoxy) is 1. The number of nitrogens with zero attached hydrogens (tertiary/aromatic N) is 1. The van der Waals surface area contributed by atoms with Gasteiger partial charge in [0.1, 0.15) is 6.10 Å². The number of aliphatic hydroxyl groups excluding tert-OH is 1. The Bertz CT molecular complexity index is 1200. The van der Waals surface area contributed by atoms with Crippen molar-refractivity contribution in [1.29, 1.82) is 0 Å². The summed E-state index contributed by atoms with van der Waals surface area (Å²) in [7, 11) is 0. The van der Waals surface area contributed by atoms with Gasteiger partial charge in [0.05, 0.1) is 12.5 Å². The summed E-state index contributed by atoms with van der Waals surface area (Å²) in [6.07, 6.45) is 8.95. The first-order valence-corrected chi connectivity index (χ1v) is 18.8. The summed E-state index contributed by atoms with van der Waals surface area (Å²) in [6, 6.07) is 8.06. The van der Waals surface area contributed by atoms with E-state index in [4.69, 9.17) is 27.9 Å². The monoisotopic (exact) mass is 677 g/mol. The number of carboxylic acids is 1. The number of aliphatic carboxylic acids is 1. The van der Waals surface area contributed by atoms with Crippen LogP contribution in [-0.2, 0) is 20.7 Å². The Morgan fingerprint density at radius 3 is 2.20 bits per heavy atom. The second kappa shape index (κ2) is 14.5. The van der Waals surface area contributed by atoms with Crippen LogP contribution in [0, 0.1) is 46.3 Å². The zero-order valence-electron chi connectivity index (χ0n) is 28.6. The van der Waals surface area contributed by atoms with Crippen LogP contribution in [0.25, 0.3) is 0 Å². The Labute approximate surface area is 286 Å². The largest absolute Gasteiger partial charge is 0.481 e. The first kappa shape index (κ1) is 35.8. The van der Waals surface area contributed by atoms with Gasteiger partial charge < -0.3 is 19.8 Å². The summed E-state index contributed by atoms with van der Waals surface area (Å²) in [5.74, 6) is 1.70. The lowest BCUT2D eigenvalue weighted by atomic mass is 9.43. The molecule has 46 heavy (non-hydrogen) atoms. The molecule has 0 aliphatic heterocycles. The van der Waals surface area contributed by atoms with Crippen LogP contribution in [0.2, 0.25) is 0 Å². The summed E-state index contributed by atoms with van der Waals surface area (Å²) in [5, 5.41) is 21.0. The van der Waals surface area contributed by atoms with Crippen molar-refractivity contribution in [2.75, 3.05) is 18.0 Å². The highest BCUT2D eigenvalue weighted by atomic mass is 35.5. The van der Waals surface area contributed by atoms with Crippen molar-refractivity contribution in [1.82, 2.24) is 0 Å². The van der Waals surface area contributed by atoms with Gasteiger partial charge in [-0.2, -0.15) is 0 Å². The van der Waals surface area contributed by atoms with Crippen molar-refractivity contribution in [3.8, 4) is 0 Å². The second-order valence-corrected chi connectivity index (χ2v) is 17.6. The minimum atomic E-state index is -0.704. The van der Waals surface area contributed by atoms with E-state index in [0.717, 1.165) is 62.6 Å². The molecule has 0 aromatic heterocycles. The standard InChI is InChI=1S/C38H57Cl2NO5/c1-23(6-13-34(43)44)30-11-12-31-36-32(15-17-38(30,31)5)37(4)16-14-29(19-27(37)20-33(36)42)46-35(45)18-26-7-9-28(10-8-26)41(21-24(2)39)22-25(3)40/h7-10,23-25,27,29-33,36,42H,6,11-22H2,1-5H3,(H,43,44)/t23-,24?,25?,27?,29-,30-,31+,32+,33-,36+,37+,38-/m1/s1. The first-order chi connectivity index (χ1) is 21.7. The van der Waals surface area contributed by atoms with Gasteiger partial charge in [-0.25, -0.2) is 0 Å². The maximum absolute atomic E-state index is 13.1. The third-order valence-electron chi connectivity index (χ3n) is 13.1. The number of rotatable bonds is 12. The maximum atomic E-state index is 13.1. The number of alkyl halides is 2. The van der Waals surface area contributed by atoms with Gasteiger partial charge in [0.2, 0.25) is 0 Å². The lowest BCUT2D eigenvalue weighted by Gasteiger charge is -2.62. The molecule has 2 N–H and O–H groups in total. The molecule has 3 unspecified atom stereocenters. The molecule has 0 heterocycles. The molecule has 4 saturated carbocycles. The molecule has 0 spiro atoms. The number of esters is 1. The Balaban J connectivity index is 1.18. The molecule has 1 aromatic carbocycles. The molecule has 8 heteroatoms. The third kappa shape index (κ3) is 7.54. The van der Waals surface area contributed by atoms with E-state index >= 15 is 0 Å². The van der Waals surface area contributed by atoms with Gasteiger partial charge in [-0.1, -0.05) is 32.9 Å². The number of halogens is 2. The summed E-state index contributed by atoms with van der Waals surface area (Å²) < 4.78 is 6.10. The smallest absolute Gasteiger partial charge is 0.310 e. The first-order valence-electron chi connectivity index (χ1n) is 17.9. The Kier molecular flexibility index (Phi) is 11.3. The van der Waals surface area contributed by atoms with E-state index in [-0.39, 0.29) is 52.6 Å². The van der Waals surface area contributed by atoms with Crippen molar-refractivity contribution in [2.45, 2.75) is 128 Å². The zero-order chi connectivity index (χ0) is 33.4. The van der Waals surface area contributed by atoms with Crippen molar-refractivity contribution in [3.05, 3.63) is 29.8 Å². The maximum Gasteiger partial charge on any atom is 0.310 e. The third-order valence-corrected chi connectivity index (χ3v) is 13.4. The number of anilines is 1. The van der Waals surface area contributed by atoms with E-state index in [1.54, 1.807) is 0 Å². The fourth-order valence-corrected chi connectivity index (χ4v) is 11.3. The molecule has 258 valence electrons. The highest BCUT2D eigenvalue weighted by molar-refractivity contribution is 6.21. The van der Waals surface area contributed by atoms with E-state index in [2.05, 4.69) is 25.7 Å². The fourth-order valence-electron chi connectivity index (χ4n) is 10.9. The number of carbonyl (C=O) groups excluding carboxylic acids is 1. The van der Waals surface area contributed by atoms with Crippen LogP contribution >= 0.6 is 23.2 Å². The number of aliphatic hydroxyl groups is 1. The number of hydrogen-bond donors (Lipinski definition) is 2. The van der Waals surface area contributed by atoms with Gasteiger partial charge in [0.15, 0.2) is 0 Å². The molecular weight excluding hydrogens is 621 g/mol. The average molecular weight is 679 g/mol. The average Bonchev–Trinajstić information content (AvgIpc) is 3.33. The van der Waals surface area contributed by atoms with Gasteiger partial charge in [0, 0.05) is 36.0 Å². The molecule has 5 rings (SSSR count). The van der Waals surface area contributed by atoms with Crippen LogP contribution < -0.4 is 4.90 Å². The van der Waals surface area contributed by atoms with Crippen molar-refractivity contribution in [3.63, 3.8) is 0 Å². The summed E-state index contributed by atoms with van der Waals surface area (Å²) in [4.78, 5) is 26.5. The molecule has 6 nitrogen and oxygen atoms in total. The molecule has 0 bridgehead atoms. The van der Waals surface area contributed by atoms with E-state index in [1.165, 1.54) is 6.42 Å².